The molecule has 0 aliphatic rings. The molecule has 164 valence electrons. The van der Waals surface area contributed by atoms with E-state index in [1.54, 1.807) is 18.2 Å². The Morgan fingerprint density at radius 2 is 1.84 bits per heavy atom. The summed E-state index contributed by atoms with van der Waals surface area (Å²) in [6, 6.07) is 12.1. The molecule has 0 spiro atoms. The number of rotatable bonds is 11. The van der Waals surface area contributed by atoms with Crippen molar-refractivity contribution in [2.24, 2.45) is 0 Å². The molecule has 7 heteroatoms. The maximum Gasteiger partial charge on any atom is 0.220 e. The number of halogens is 1. The van der Waals surface area contributed by atoms with Crippen LogP contribution < -0.4 is 14.8 Å². The number of carbonyl (C=O) groups is 1. The fraction of sp³-hybridized carbons (Fsp3) is 0.333. The second-order valence-corrected chi connectivity index (χ2v) is 6.85. The van der Waals surface area contributed by atoms with Gasteiger partial charge in [-0.05, 0) is 50.1 Å². The molecule has 0 bridgehead atoms. The van der Waals surface area contributed by atoms with Crippen molar-refractivity contribution in [2.45, 2.75) is 33.1 Å². The first-order valence-corrected chi connectivity index (χ1v) is 10.5. The predicted octanol–water partition coefficient (Wildman–Crippen LogP) is 4.57. The summed E-state index contributed by atoms with van der Waals surface area (Å²) in [6.45, 7) is 5.49. The van der Waals surface area contributed by atoms with E-state index >= 15 is 0 Å². The second-order valence-electron chi connectivity index (χ2n) is 6.85. The van der Waals surface area contributed by atoms with Gasteiger partial charge in [0.1, 0.15) is 5.82 Å². The van der Waals surface area contributed by atoms with Gasteiger partial charge in [0.15, 0.2) is 23.1 Å². The molecule has 1 heterocycles. The lowest BCUT2D eigenvalue weighted by molar-refractivity contribution is -0.121. The molecule has 0 saturated heterocycles. The summed E-state index contributed by atoms with van der Waals surface area (Å²) in [5.74, 6) is 1.72. The third kappa shape index (κ3) is 6.31. The third-order valence-corrected chi connectivity index (χ3v) is 4.60. The summed E-state index contributed by atoms with van der Waals surface area (Å²) in [4.78, 5) is 16.3. The van der Waals surface area contributed by atoms with Crippen LogP contribution in [-0.4, -0.2) is 30.6 Å². The van der Waals surface area contributed by atoms with E-state index in [2.05, 4.69) is 10.3 Å². The fourth-order valence-corrected chi connectivity index (χ4v) is 3.12. The van der Waals surface area contributed by atoms with Crippen molar-refractivity contribution >= 4 is 5.91 Å². The number of hydrogen-bond acceptors (Lipinski definition) is 5. The minimum atomic E-state index is -0.371. The Bertz CT molecular complexity index is 1000. The van der Waals surface area contributed by atoms with E-state index < -0.39 is 0 Å². The van der Waals surface area contributed by atoms with E-state index in [4.69, 9.17) is 13.9 Å². The zero-order valence-electron chi connectivity index (χ0n) is 17.8. The van der Waals surface area contributed by atoms with E-state index in [1.165, 1.54) is 12.3 Å². The van der Waals surface area contributed by atoms with Crippen molar-refractivity contribution in [1.29, 1.82) is 0 Å². The first kappa shape index (κ1) is 22.3. The molecule has 2 aromatic carbocycles. The highest BCUT2D eigenvalue weighted by Crippen LogP contribution is 2.28. The number of aromatic nitrogens is 1. The first-order valence-electron chi connectivity index (χ1n) is 10.5. The van der Waals surface area contributed by atoms with Gasteiger partial charge in [-0.1, -0.05) is 18.2 Å². The number of carbonyl (C=O) groups excluding carboxylic acids is 1. The Labute approximate surface area is 181 Å². The van der Waals surface area contributed by atoms with Crippen LogP contribution in [0.3, 0.4) is 0 Å². The second kappa shape index (κ2) is 11.2. The molecule has 6 nitrogen and oxygen atoms in total. The zero-order valence-corrected chi connectivity index (χ0v) is 17.8. The highest BCUT2D eigenvalue weighted by atomic mass is 19.1. The number of nitrogens with one attached hydrogen (secondary N) is 1. The van der Waals surface area contributed by atoms with Crippen LogP contribution in [0, 0.1) is 5.82 Å². The average Bonchev–Trinajstić information content (AvgIpc) is 3.23. The quantitative estimate of drug-likeness (QED) is 0.486. The van der Waals surface area contributed by atoms with Crippen molar-refractivity contribution in [3.05, 3.63) is 65.9 Å². The summed E-state index contributed by atoms with van der Waals surface area (Å²) in [5, 5.41) is 2.90. The summed E-state index contributed by atoms with van der Waals surface area (Å²) in [6.07, 6.45) is 2.74. The topological polar surface area (TPSA) is 73.6 Å². The third-order valence-electron chi connectivity index (χ3n) is 4.60. The Hall–Kier alpha value is -3.35. The Kier molecular flexibility index (Phi) is 8.04. The molecule has 0 aliphatic heterocycles. The van der Waals surface area contributed by atoms with Gasteiger partial charge in [-0.15, -0.1) is 0 Å². The number of benzene rings is 2. The lowest BCUT2D eigenvalue weighted by atomic mass is 10.1. The van der Waals surface area contributed by atoms with Crippen LogP contribution in [0.15, 0.2) is 53.1 Å². The molecule has 31 heavy (non-hydrogen) atoms. The molecule has 1 N–H and O–H groups in total. The minimum Gasteiger partial charge on any atom is -0.490 e. The summed E-state index contributed by atoms with van der Waals surface area (Å²) in [7, 11) is 0. The van der Waals surface area contributed by atoms with Crippen LogP contribution in [0.5, 0.6) is 11.5 Å². The molecule has 0 unspecified atom stereocenters. The molecular formula is C24H27FN2O4. The van der Waals surface area contributed by atoms with Gasteiger partial charge >= 0.3 is 0 Å². The van der Waals surface area contributed by atoms with Gasteiger partial charge in [0.2, 0.25) is 5.91 Å². The average molecular weight is 426 g/mol. The maximum absolute atomic E-state index is 13.8. The number of aryl methyl sites for hydroxylation is 1. The summed E-state index contributed by atoms with van der Waals surface area (Å²) >= 11 is 0. The van der Waals surface area contributed by atoms with Crippen LogP contribution in [0.1, 0.15) is 31.7 Å². The molecule has 0 saturated carbocycles. The lowest BCUT2D eigenvalue weighted by Crippen LogP contribution is -2.25. The van der Waals surface area contributed by atoms with Gasteiger partial charge in [0.25, 0.3) is 0 Å². The number of oxazole rings is 1. The first-order chi connectivity index (χ1) is 15.1. The Morgan fingerprint density at radius 3 is 2.61 bits per heavy atom. The predicted molar refractivity (Wildman–Crippen MR) is 116 cm³/mol. The monoisotopic (exact) mass is 426 g/mol. The van der Waals surface area contributed by atoms with Crippen LogP contribution in [0.4, 0.5) is 4.39 Å². The largest absolute Gasteiger partial charge is 0.490 e. The van der Waals surface area contributed by atoms with Gasteiger partial charge in [-0.2, -0.15) is 0 Å². The number of hydrogen-bond donors (Lipinski definition) is 1. The van der Waals surface area contributed by atoms with E-state index in [0.717, 1.165) is 11.3 Å². The normalized spacial score (nSPS) is 10.7. The SMILES string of the molecule is CCOc1ccc(CCNC(=O)CCc2ncc(-c3ccccc3F)o2)cc1OCC. The minimum absolute atomic E-state index is 0.0957. The highest BCUT2D eigenvalue weighted by molar-refractivity contribution is 5.76. The summed E-state index contributed by atoms with van der Waals surface area (Å²) < 4.78 is 30.6. The van der Waals surface area contributed by atoms with E-state index in [9.17, 15) is 9.18 Å². The van der Waals surface area contributed by atoms with E-state index in [-0.39, 0.29) is 18.1 Å². The zero-order chi connectivity index (χ0) is 22.1. The number of nitrogens with zero attached hydrogens (tertiary/aromatic N) is 1. The standard InChI is InChI=1S/C24H27FN2O4/c1-3-29-20-10-9-17(15-21(20)30-4-2)13-14-26-23(28)11-12-24-27-16-22(31-24)18-7-5-6-8-19(18)25/h5-10,15-16H,3-4,11-14H2,1-2H3,(H,26,28). The molecule has 3 rings (SSSR count). The van der Waals surface area contributed by atoms with Gasteiger partial charge in [0, 0.05) is 19.4 Å². The molecular weight excluding hydrogens is 399 g/mol. The van der Waals surface area contributed by atoms with Crippen molar-refractivity contribution in [1.82, 2.24) is 10.3 Å². The van der Waals surface area contributed by atoms with Crippen molar-refractivity contribution < 1.29 is 23.1 Å². The maximum atomic E-state index is 13.8. The molecule has 0 atom stereocenters. The van der Waals surface area contributed by atoms with Crippen LogP contribution in [0.25, 0.3) is 11.3 Å². The molecule has 3 aromatic rings. The Morgan fingerprint density at radius 1 is 1.06 bits per heavy atom. The van der Waals surface area contributed by atoms with Crippen LogP contribution >= 0.6 is 0 Å². The van der Waals surface area contributed by atoms with E-state index in [1.807, 2.05) is 32.0 Å². The van der Waals surface area contributed by atoms with E-state index in [0.29, 0.717) is 55.6 Å². The van der Waals surface area contributed by atoms with Gasteiger partial charge in [-0.25, -0.2) is 9.37 Å². The fourth-order valence-electron chi connectivity index (χ4n) is 3.12. The van der Waals surface area contributed by atoms with Crippen LogP contribution in [-0.2, 0) is 17.6 Å². The molecule has 1 aromatic heterocycles. The van der Waals surface area contributed by atoms with Crippen LogP contribution in [0.2, 0.25) is 0 Å². The van der Waals surface area contributed by atoms with Gasteiger partial charge in [-0.3, -0.25) is 4.79 Å². The molecule has 1 amide bonds. The molecule has 0 aliphatic carbocycles. The van der Waals surface area contributed by atoms with Crippen molar-refractivity contribution in [3.63, 3.8) is 0 Å². The van der Waals surface area contributed by atoms with Gasteiger partial charge < -0.3 is 19.2 Å². The summed E-state index contributed by atoms with van der Waals surface area (Å²) in [5.41, 5.74) is 1.40. The van der Waals surface area contributed by atoms with Crippen molar-refractivity contribution in [2.75, 3.05) is 19.8 Å². The van der Waals surface area contributed by atoms with Crippen molar-refractivity contribution in [3.8, 4) is 22.8 Å². The molecule has 0 radical (unpaired) electrons. The molecule has 0 fully saturated rings. The number of amides is 1. The highest BCUT2D eigenvalue weighted by Gasteiger charge is 2.12. The lowest BCUT2D eigenvalue weighted by Gasteiger charge is -2.12. The smallest absolute Gasteiger partial charge is 0.220 e. The van der Waals surface area contributed by atoms with Gasteiger partial charge in [0.05, 0.1) is 25.0 Å². The number of ether oxygens (including phenoxy) is 2. The Balaban J connectivity index is 1.46.